The van der Waals surface area contributed by atoms with Crippen molar-refractivity contribution in [3.05, 3.63) is 0 Å². The van der Waals surface area contributed by atoms with Crippen LogP contribution in [0.3, 0.4) is 0 Å². The Morgan fingerprint density at radius 1 is 0.632 bits per heavy atom. The van der Waals surface area contributed by atoms with Crippen LogP contribution in [0.4, 0.5) is 0 Å². The summed E-state index contributed by atoms with van der Waals surface area (Å²) in [6, 6.07) is 0. The Labute approximate surface area is 463 Å². The van der Waals surface area contributed by atoms with Crippen LogP contribution in [0.2, 0.25) is 0 Å². The van der Waals surface area contributed by atoms with Crippen molar-refractivity contribution in [2.24, 2.45) is 5.92 Å². The molecule has 5 rings (SSSR count). The molecule has 0 bridgehead atoms. The predicted octanol–water partition coefficient (Wildman–Crippen LogP) is 8.49. The van der Waals surface area contributed by atoms with Crippen LogP contribution in [0.25, 0.3) is 0 Å². The molecule has 3 saturated carbocycles. The average molecular weight is 1110 g/mol. The number of carbonyl (C=O) groups excluding carboxylic acids is 1. The van der Waals surface area contributed by atoms with Crippen LogP contribution in [-0.4, -0.2) is 199 Å². The highest BCUT2D eigenvalue weighted by Crippen LogP contribution is 2.24. The second kappa shape index (κ2) is 48.5. The van der Waals surface area contributed by atoms with Gasteiger partial charge in [-0.3, -0.25) is 0 Å². The van der Waals surface area contributed by atoms with Gasteiger partial charge in [0.1, 0.15) is 6.10 Å². The molecule has 6 unspecified atom stereocenters. The topological polar surface area (TPSA) is 251 Å². The molecule has 0 aromatic carbocycles. The van der Waals surface area contributed by atoms with Crippen LogP contribution >= 0.6 is 0 Å². The molecule has 2 saturated heterocycles. The molecular weight excluding hydrogens is 985 g/mol. The summed E-state index contributed by atoms with van der Waals surface area (Å²) >= 11 is 0. The molecule has 5 aliphatic rings. The lowest BCUT2D eigenvalue weighted by Crippen LogP contribution is -2.38. The zero-order valence-electron chi connectivity index (χ0n) is 52.0. The maximum Gasteiger partial charge on any atom is 0.337 e. The van der Waals surface area contributed by atoms with Gasteiger partial charge in [0.15, 0.2) is 11.4 Å². The standard InChI is InChI=1S/C8H16O3.2C8H16O2.C8H18O2.C6H12O3.C5H10O2.C5H12O2.C5H10O.C5H12O/c1-6(2)11-8(3,4)7(9)10-5;1-6(2)10-8-4-3-7(9)5-8;1-6(2)10-8-5-3-4-7(8)9;1-7(2)10-6-8(3,4)9-5;1-6(2)8-4-5(3-7)9-6;6-4-5-2-1-3-7-5;1-5(2)7-4-3-6;6-5-3-1-2-4-5;1-5(2)3-4-6/h6H,1-5H3;2*6-9H,3-5H2,1-2H3;7H,6H2,1-5H3;5,7H,3-4H2,1-2H3;5-6H,1-4H2;5-6H,3-4H2,1-2H3;5-6H,1-4H2;5-6H,3-4H2,1-2H3. The summed E-state index contributed by atoms with van der Waals surface area (Å²) in [5.74, 6) is -0.186. The lowest BCUT2D eigenvalue weighted by molar-refractivity contribution is -0.169. The van der Waals surface area contributed by atoms with E-state index >= 15 is 0 Å². The van der Waals surface area contributed by atoms with Crippen LogP contribution < -0.4 is 0 Å². The summed E-state index contributed by atoms with van der Waals surface area (Å²) < 4.78 is 51.8. The average Bonchev–Trinajstić information content (AvgIpc) is 4.21. The quantitative estimate of drug-likeness (QED) is 0.0636. The molecule has 18 heteroatoms. The zero-order chi connectivity index (χ0) is 59.5. The van der Waals surface area contributed by atoms with Crippen LogP contribution in [0, 0.1) is 5.92 Å². The largest absolute Gasteiger partial charge is 0.467 e. The van der Waals surface area contributed by atoms with Gasteiger partial charge in [0.05, 0.1) is 119 Å². The fourth-order valence-corrected chi connectivity index (χ4v) is 7.24. The molecular formula is C58H122O18. The van der Waals surface area contributed by atoms with E-state index in [1.54, 1.807) is 21.0 Å². The fraction of sp³-hybridized carbons (Fsp3) is 0.983. The van der Waals surface area contributed by atoms with E-state index in [1.807, 2.05) is 96.9 Å². The first-order chi connectivity index (χ1) is 35.3. The van der Waals surface area contributed by atoms with Gasteiger partial charge in [-0.1, -0.05) is 26.7 Å². The van der Waals surface area contributed by atoms with E-state index in [4.69, 9.17) is 73.3 Å². The Kier molecular flexibility index (Phi) is 51.9. The first-order valence-electron chi connectivity index (χ1n) is 28.5. The number of aliphatic hydroxyl groups excluding tert-OH is 7. The molecule has 0 amide bonds. The Morgan fingerprint density at radius 2 is 1.20 bits per heavy atom. The van der Waals surface area contributed by atoms with Crippen molar-refractivity contribution < 1.29 is 87.9 Å². The van der Waals surface area contributed by atoms with E-state index in [9.17, 15) is 9.90 Å². The molecule has 18 nitrogen and oxygen atoms in total. The Hall–Kier alpha value is -1.17. The minimum absolute atomic E-state index is 0.0316. The second-order valence-electron chi connectivity index (χ2n) is 22.9. The van der Waals surface area contributed by atoms with E-state index in [1.165, 1.54) is 20.0 Å². The molecule has 6 atom stereocenters. The van der Waals surface area contributed by atoms with Gasteiger partial charge >= 0.3 is 5.97 Å². The molecule has 76 heavy (non-hydrogen) atoms. The minimum atomic E-state index is -0.830. The first kappa shape index (κ1) is 81.3. The lowest BCUT2D eigenvalue weighted by Gasteiger charge is -2.24. The van der Waals surface area contributed by atoms with Crippen molar-refractivity contribution in [3.63, 3.8) is 0 Å². The Balaban J connectivity index is -0.000000386. The molecule has 5 fully saturated rings. The summed E-state index contributed by atoms with van der Waals surface area (Å²) in [4.78, 5) is 11.0. The van der Waals surface area contributed by atoms with Gasteiger partial charge in [-0.05, 0) is 187 Å². The highest BCUT2D eigenvalue weighted by Gasteiger charge is 2.32. The fourth-order valence-electron chi connectivity index (χ4n) is 7.24. The molecule has 7 N–H and O–H groups in total. The van der Waals surface area contributed by atoms with Gasteiger partial charge in [-0.25, -0.2) is 4.79 Å². The highest BCUT2D eigenvalue weighted by atomic mass is 16.7. The van der Waals surface area contributed by atoms with Crippen LogP contribution in [0.5, 0.6) is 0 Å². The number of esters is 1. The Bertz CT molecular complexity index is 1250. The molecule has 0 radical (unpaired) electrons. The molecule has 0 spiro atoms. The van der Waals surface area contributed by atoms with Gasteiger partial charge in [0, 0.05) is 20.3 Å². The summed E-state index contributed by atoms with van der Waals surface area (Å²) in [6.45, 7) is 38.2. The predicted molar refractivity (Wildman–Crippen MR) is 301 cm³/mol. The van der Waals surface area contributed by atoms with Crippen LogP contribution in [0.15, 0.2) is 0 Å². The van der Waals surface area contributed by atoms with Gasteiger partial charge in [-0.15, -0.1) is 0 Å². The van der Waals surface area contributed by atoms with Crippen molar-refractivity contribution in [3.8, 4) is 0 Å². The molecule has 462 valence electrons. The van der Waals surface area contributed by atoms with Crippen molar-refractivity contribution in [2.45, 2.75) is 298 Å². The summed E-state index contributed by atoms with van der Waals surface area (Å²) in [6.07, 6.45) is 14.8. The number of hydrogen-bond donors (Lipinski definition) is 7. The molecule has 2 aliphatic heterocycles. The minimum Gasteiger partial charge on any atom is -0.467 e. The number of methoxy groups -OCH3 is 2. The second-order valence-corrected chi connectivity index (χ2v) is 22.9. The van der Waals surface area contributed by atoms with Crippen molar-refractivity contribution in [1.82, 2.24) is 0 Å². The maximum atomic E-state index is 11.0. The number of aliphatic hydroxyl groups is 7. The van der Waals surface area contributed by atoms with Crippen molar-refractivity contribution >= 4 is 5.97 Å². The maximum absolute atomic E-state index is 11.0. The van der Waals surface area contributed by atoms with Gasteiger partial charge in [0.2, 0.25) is 0 Å². The van der Waals surface area contributed by atoms with Crippen LogP contribution in [-0.2, 0) is 52.2 Å². The highest BCUT2D eigenvalue weighted by molar-refractivity contribution is 5.78. The third-order valence-electron chi connectivity index (χ3n) is 11.3. The third-order valence-corrected chi connectivity index (χ3v) is 11.3. The molecule has 3 aliphatic carbocycles. The van der Waals surface area contributed by atoms with E-state index in [2.05, 4.69) is 18.6 Å². The van der Waals surface area contributed by atoms with Crippen LogP contribution in [0.1, 0.15) is 208 Å². The number of ether oxygens (including phenoxy) is 10. The number of hydrogen-bond acceptors (Lipinski definition) is 18. The van der Waals surface area contributed by atoms with E-state index in [0.717, 1.165) is 77.2 Å². The van der Waals surface area contributed by atoms with E-state index in [0.29, 0.717) is 44.6 Å². The summed E-state index contributed by atoms with van der Waals surface area (Å²) in [5.41, 5.74) is -0.979. The summed E-state index contributed by atoms with van der Waals surface area (Å²) in [7, 11) is 3.05. The molecule has 0 aromatic rings. The van der Waals surface area contributed by atoms with Gasteiger partial charge < -0.3 is 83.1 Å². The zero-order valence-corrected chi connectivity index (χ0v) is 52.0. The third kappa shape index (κ3) is 53.5. The molecule has 2 heterocycles. The smallest absolute Gasteiger partial charge is 0.337 e. The lowest BCUT2D eigenvalue weighted by atomic mass is 10.1. The monoisotopic (exact) mass is 1110 g/mol. The Morgan fingerprint density at radius 3 is 1.46 bits per heavy atom. The van der Waals surface area contributed by atoms with Crippen molar-refractivity contribution in [2.75, 3.05) is 67.1 Å². The van der Waals surface area contributed by atoms with E-state index < -0.39 is 11.4 Å². The number of carbonyl (C=O) groups is 1. The first-order valence-corrected chi connectivity index (χ1v) is 28.5. The van der Waals surface area contributed by atoms with Gasteiger partial charge in [0.25, 0.3) is 0 Å². The summed E-state index contributed by atoms with van der Waals surface area (Å²) in [5, 5.41) is 60.6. The van der Waals surface area contributed by atoms with Crippen molar-refractivity contribution in [1.29, 1.82) is 0 Å². The number of rotatable bonds is 18. The molecule has 0 aromatic heterocycles. The van der Waals surface area contributed by atoms with Gasteiger partial charge in [-0.2, -0.15) is 0 Å². The normalized spacial score (nSPS) is 22.8. The van der Waals surface area contributed by atoms with E-state index in [-0.39, 0.29) is 92.4 Å². The SMILES string of the molecule is CC(C)CCO.CC(C)OC1CCC(O)C1.CC(C)OC1CCCC1O.CC(C)OCCO.CC1(C)OCC(CO)O1.COC(=O)C(C)(C)OC(C)C.COC(C)(C)COC(C)C.OC1CCCC1.OCC1CCCO1.